The van der Waals surface area contributed by atoms with Gasteiger partial charge in [0.1, 0.15) is 24.2 Å². The van der Waals surface area contributed by atoms with E-state index in [0.717, 1.165) is 34.3 Å². The molecule has 0 atom stereocenters. The molecule has 2 aliphatic heterocycles. The molecule has 13 nitrogen and oxygen atoms in total. The summed E-state index contributed by atoms with van der Waals surface area (Å²) in [6, 6.07) is 12.6. The molecule has 0 bridgehead atoms. The Morgan fingerprint density at radius 1 is 0.716 bits per heavy atom. The van der Waals surface area contributed by atoms with E-state index >= 15 is 0 Å². The lowest BCUT2D eigenvalue weighted by atomic mass is 9.65. The van der Waals surface area contributed by atoms with Crippen molar-refractivity contribution in [1.29, 1.82) is 0 Å². The van der Waals surface area contributed by atoms with E-state index in [0.29, 0.717) is 18.0 Å². The van der Waals surface area contributed by atoms with Crippen molar-refractivity contribution in [1.82, 2.24) is 19.8 Å². The highest BCUT2D eigenvalue weighted by Gasteiger charge is 2.63. The minimum absolute atomic E-state index is 0. The van der Waals surface area contributed by atoms with E-state index in [1.165, 1.54) is 58.3 Å². The number of alkyl halides is 4. The molecule has 4 aliphatic rings. The van der Waals surface area contributed by atoms with E-state index in [4.69, 9.17) is 36.2 Å². The van der Waals surface area contributed by atoms with Gasteiger partial charge in [-0.15, -0.1) is 0 Å². The van der Waals surface area contributed by atoms with Gasteiger partial charge in [-0.05, 0) is 60.5 Å². The van der Waals surface area contributed by atoms with Gasteiger partial charge < -0.3 is 14.9 Å². The summed E-state index contributed by atoms with van der Waals surface area (Å²) in [5, 5.41) is 8.74. The Morgan fingerprint density at radius 2 is 1.06 bits per heavy atom. The minimum atomic E-state index is -2.65. The Bertz CT molecular complexity index is 2380. The summed E-state index contributed by atoms with van der Waals surface area (Å²) in [7, 11) is 0. The van der Waals surface area contributed by atoms with Crippen molar-refractivity contribution in [3.63, 3.8) is 0 Å². The highest BCUT2D eigenvalue weighted by atomic mass is 35.5. The van der Waals surface area contributed by atoms with Crippen LogP contribution in [-0.4, -0.2) is 83.9 Å². The molecule has 4 fully saturated rings. The number of rotatable bonds is 10. The third-order valence-electron chi connectivity index (χ3n) is 11.7. The predicted molar refractivity (Wildman–Crippen MR) is 234 cm³/mol. The molecule has 4 heterocycles. The summed E-state index contributed by atoms with van der Waals surface area (Å²) in [6.45, 7) is 1.20. The fraction of sp³-hybridized carbons (Fsp3) is 0.378. The zero-order valence-electron chi connectivity index (χ0n) is 35.6. The second-order valence-corrected chi connectivity index (χ2v) is 16.9. The van der Waals surface area contributed by atoms with Crippen molar-refractivity contribution in [3.05, 3.63) is 117 Å². The van der Waals surface area contributed by atoms with Gasteiger partial charge in [0, 0.05) is 43.9 Å². The maximum atomic E-state index is 14.5. The first-order chi connectivity index (χ1) is 31.7. The molecule has 0 radical (unpaired) electrons. The topological polar surface area (TPSA) is 161 Å². The van der Waals surface area contributed by atoms with Crippen molar-refractivity contribution >= 4 is 81.3 Å². The van der Waals surface area contributed by atoms with Gasteiger partial charge in [-0.1, -0.05) is 93.0 Å². The van der Waals surface area contributed by atoms with Crippen LogP contribution in [0.15, 0.2) is 73.1 Å². The van der Waals surface area contributed by atoms with Gasteiger partial charge in [-0.3, -0.25) is 38.6 Å². The van der Waals surface area contributed by atoms with Crippen LogP contribution in [0.3, 0.4) is 0 Å². The summed E-state index contributed by atoms with van der Waals surface area (Å²) in [5.41, 5.74) is -2.24. The number of carboxylic acids is 1. The lowest BCUT2D eigenvalue weighted by molar-refractivity contribution is -0.169. The predicted octanol–water partition coefficient (Wildman–Crippen LogP) is 9.18. The van der Waals surface area contributed by atoms with Crippen LogP contribution in [0.5, 0.6) is 0 Å². The molecule has 2 aromatic heterocycles. The number of carbonyl (C=O) groups excluding carboxylic acids is 5. The van der Waals surface area contributed by atoms with E-state index in [1.807, 2.05) is 0 Å². The van der Waals surface area contributed by atoms with Crippen LogP contribution in [0.25, 0.3) is 0 Å². The number of carboxylic acid groups (broad SMARTS) is 1. The molecule has 1 N–H and O–H groups in total. The molecule has 2 aliphatic carbocycles. The van der Waals surface area contributed by atoms with Crippen LogP contribution in [0.2, 0.25) is 10.0 Å². The minimum Gasteiger partial charge on any atom is -0.481 e. The van der Waals surface area contributed by atoms with Crippen molar-refractivity contribution in [2.75, 3.05) is 22.9 Å². The van der Waals surface area contributed by atoms with Gasteiger partial charge in [-0.2, -0.15) is 0 Å². The average molecular weight is 1000 g/mol. The van der Waals surface area contributed by atoms with Crippen LogP contribution >= 0.6 is 34.8 Å². The van der Waals surface area contributed by atoms with E-state index in [1.54, 1.807) is 6.92 Å². The molecule has 2 spiro atoms. The number of aromatic nitrogens is 2. The first-order valence-corrected chi connectivity index (χ1v) is 21.1. The summed E-state index contributed by atoms with van der Waals surface area (Å²) >= 11 is 17.0. The zero-order valence-corrected chi connectivity index (χ0v) is 36.9. The smallest absolute Gasteiger partial charge is 0.306 e. The Labute approximate surface area is 397 Å². The fourth-order valence-electron chi connectivity index (χ4n) is 8.37. The first kappa shape index (κ1) is 50.6. The monoisotopic (exact) mass is 999 g/mol. The van der Waals surface area contributed by atoms with Crippen LogP contribution in [-0.2, 0) is 41.9 Å². The molecule has 358 valence electrons. The quantitative estimate of drug-likeness (QED) is 0.121. The van der Waals surface area contributed by atoms with Crippen molar-refractivity contribution in [3.8, 4) is 0 Å². The average Bonchev–Trinajstić information content (AvgIpc) is 3.23. The number of nitrogens with zero attached hydrogens (tertiary/aromatic N) is 6. The second kappa shape index (κ2) is 21.0. The van der Waals surface area contributed by atoms with Crippen molar-refractivity contribution < 1.29 is 61.6 Å². The van der Waals surface area contributed by atoms with Crippen molar-refractivity contribution in [2.45, 2.75) is 84.0 Å². The van der Waals surface area contributed by atoms with Gasteiger partial charge in [0.15, 0.2) is 23.3 Å². The summed E-state index contributed by atoms with van der Waals surface area (Å²) in [5.74, 6) is -7.34. The number of amides is 4. The second-order valence-electron chi connectivity index (χ2n) is 15.7. The molecule has 0 unspecified atom stereocenters. The van der Waals surface area contributed by atoms with E-state index in [9.17, 15) is 60.2 Å². The zero-order chi connectivity index (χ0) is 49.1. The molecular weight excluding hydrogens is 957 g/mol. The summed E-state index contributed by atoms with van der Waals surface area (Å²) in [4.78, 5) is 88.2. The Morgan fingerprint density at radius 3 is 1.36 bits per heavy atom. The van der Waals surface area contributed by atoms with Crippen LogP contribution < -0.4 is 9.80 Å². The van der Waals surface area contributed by atoms with E-state index in [-0.39, 0.29) is 79.0 Å². The number of hydrogen-bond acceptors (Lipinski definition) is 8. The first-order valence-electron chi connectivity index (χ1n) is 20.7. The van der Waals surface area contributed by atoms with Crippen LogP contribution in [0.4, 0.5) is 38.0 Å². The van der Waals surface area contributed by atoms with Crippen molar-refractivity contribution in [2.24, 2.45) is 11.8 Å². The Balaban J connectivity index is 0.000000237. The number of carbonyl (C=O) groups is 6. The number of pyridine rings is 2. The molecular formula is C45H43Cl3F6N6O7. The number of halogens is 9. The number of piperazine rings is 2. The molecule has 8 rings (SSSR count). The number of anilines is 2. The third-order valence-corrected chi connectivity index (χ3v) is 12.5. The molecule has 4 aromatic rings. The summed E-state index contributed by atoms with van der Waals surface area (Å²) in [6.07, 6.45) is -3.32. The van der Waals surface area contributed by atoms with Gasteiger partial charge in [-0.25, -0.2) is 36.3 Å². The Kier molecular flexibility index (Phi) is 15.9. The van der Waals surface area contributed by atoms with Gasteiger partial charge in [0.25, 0.3) is 24.7 Å². The summed E-state index contributed by atoms with van der Waals surface area (Å²) < 4.78 is 86.4. The molecule has 2 saturated carbocycles. The lowest BCUT2D eigenvalue weighted by Gasteiger charge is -2.56. The van der Waals surface area contributed by atoms with Gasteiger partial charge in [0.2, 0.25) is 17.1 Å². The van der Waals surface area contributed by atoms with Gasteiger partial charge >= 0.3 is 5.97 Å². The maximum Gasteiger partial charge on any atom is 0.306 e. The fourth-order valence-corrected chi connectivity index (χ4v) is 8.81. The third kappa shape index (κ3) is 10.4. The maximum absolute atomic E-state index is 14.5. The SMILES string of the molecule is C.O=C(Cl)C1CC2(C1)C(=O)N(c1ncc(Cl)cc1F)CC(=O)N2Cc1ccc(C(F)F)cc1.O=C(O)C1CC2(C1)C(=O)N(c1ncc(Cl)cc1F)CC(=O)N2Cc1ccc(C(F)F)cc1.[2H]CC. The normalized spacial score (nSPS) is 22.4. The van der Waals surface area contributed by atoms with E-state index < -0.39 is 95.3 Å². The molecule has 4 amide bonds. The Hall–Kier alpha value is -5.79. The highest BCUT2D eigenvalue weighted by molar-refractivity contribution is 6.64. The lowest BCUT2D eigenvalue weighted by Crippen LogP contribution is -2.73. The van der Waals surface area contributed by atoms with E-state index in [2.05, 4.69) is 9.97 Å². The van der Waals surface area contributed by atoms with Gasteiger partial charge in [0.05, 0.1) is 16.0 Å². The molecule has 2 saturated heterocycles. The van der Waals surface area contributed by atoms with Crippen LogP contribution in [0, 0.1) is 23.5 Å². The number of hydrogen-bond donors (Lipinski definition) is 1. The molecule has 2 aromatic carbocycles. The standard InChI is InChI=1S/C21H16Cl2F3N3O3.C21H17ClF3N3O4.C2H6.CH4/c22-14-5-15(24)19(27-8-14)28-10-16(30)29(9-11-1-3-12(4-2-11)18(25)26)21(20(28)32)6-13(7-21)17(23)31;22-14-5-15(23)18(26-8-14)27-10-16(29)28(9-11-1-3-12(4-2-11)17(24)25)21(20(27)32)6-13(7-21)19(30)31;1-2;/h1-5,8,13,18H,6-7,9-10H2;1-5,8,13,17H,6-7,9-10H2,(H,30,31);1-2H3;1H4/i;;1D;. The highest BCUT2D eigenvalue weighted by Crippen LogP contribution is 2.49. The molecule has 67 heavy (non-hydrogen) atoms. The number of aliphatic carboxylic acids is 1. The largest absolute Gasteiger partial charge is 0.481 e. The molecule has 22 heteroatoms. The van der Waals surface area contributed by atoms with Crippen LogP contribution in [0.1, 0.15) is 83.4 Å². The number of benzene rings is 2.